The molecule has 1 amide bonds. The molecule has 7 nitrogen and oxygen atoms in total. The molecule has 0 fully saturated rings. The molecule has 7 heteroatoms. The minimum Gasteiger partial charge on any atom is -0.494 e. The van der Waals surface area contributed by atoms with E-state index >= 15 is 0 Å². The van der Waals surface area contributed by atoms with E-state index in [1.165, 1.54) is 6.20 Å². The number of hydrogen-bond donors (Lipinski definition) is 1. The summed E-state index contributed by atoms with van der Waals surface area (Å²) in [7, 11) is 0. The highest BCUT2D eigenvalue weighted by Gasteiger charge is 2.07. The second kappa shape index (κ2) is 9.78. The Hall–Kier alpha value is -4.13. The van der Waals surface area contributed by atoms with Gasteiger partial charge in [-0.15, -0.1) is 0 Å². The normalized spacial score (nSPS) is 10.7. The largest absolute Gasteiger partial charge is 0.494 e. The Balaban J connectivity index is 1.33. The van der Waals surface area contributed by atoms with Gasteiger partial charge in [-0.3, -0.25) is 14.3 Å². The fourth-order valence-electron chi connectivity index (χ4n) is 3.28. The molecule has 0 atom stereocenters. The number of nitrogens with zero attached hydrogens (tertiary/aromatic N) is 2. The number of anilines is 1. The van der Waals surface area contributed by atoms with Crippen molar-refractivity contribution in [3.8, 4) is 17.2 Å². The highest BCUT2D eigenvalue weighted by atomic mass is 16.5. The summed E-state index contributed by atoms with van der Waals surface area (Å²) in [5, 5.41) is 7.61. The Labute approximate surface area is 185 Å². The number of para-hydroxylation sites is 1. The van der Waals surface area contributed by atoms with Gasteiger partial charge in [0, 0.05) is 17.5 Å². The fraction of sp³-hybridized carbons (Fsp3) is 0.160. The van der Waals surface area contributed by atoms with Gasteiger partial charge in [0.15, 0.2) is 0 Å². The SMILES string of the molecule is CCOc1ccc(Oc2ccc(NC(=O)CCn3ncc(=O)c4ccccc43)cc2)cc1. The number of aryl methyl sites for hydroxylation is 1. The van der Waals surface area contributed by atoms with Gasteiger partial charge in [0.1, 0.15) is 17.2 Å². The lowest BCUT2D eigenvalue weighted by Crippen LogP contribution is -2.18. The summed E-state index contributed by atoms with van der Waals surface area (Å²) >= 11 is 0. The molecule has 4 rings (SSSR count). The van der Waals surface area contributed by atoms with Crippen LogP contribution in [0, 0.1) is 0 Å². The lowest BCUT2D eigenvalue weighted by atomic mass is 10.2. The number of amides is 1. The van der Waals surface area contributed by atoms with Gasteiger partial charge < -0.3 is 14.8 Å². The lowest BCUT2D eigenvalue weighted by Gasteiger charge is -2.10. The van der Waals surface area contributed by atoms with Crippen molar-refractivity contribution < 1.29 is 14.3 Å². The molecule has 0 aliphatic rings. The van der Waals surface area contributed by atoms with Gasteiger partial charge in [0.25, 0.3) is 0 Å². The highest BCUT2D eigenvalue weighted by Crippen LogP contribution is 2.25. The average Bonchev–Trinajstić information content (AvgIpc) is 2.82. The molecule has 0 aliphatic carbocycles. The molecule has 1 heterocycles. The Bertz CT molecular complexity index is 1270. The first-order chi connectivity index (χ1) is 15.6. The molecule has 32 heavy (non-hydrogen) atoms. The van der Waals surface area contributed by atoms with Crippen LogP contribution in [0.5, 0.6) is 17.2 Å². The molecule has 0 bridgehead atoms. The molecule has 4 aromatic rings. The highest BCUT2D eigenvalue weighted by molar-refractivity contribution is 5.90. The quantitative estimate of drug-likeness (QED) is 0.442. The molecule has 0 radical (unpaired) electrons. The van der Waals surface area contributed by atoms with E-state index < -0.39 is 0 Å². The zero-order valence-corrected chi connectivity index (χ0v) is 17.7. The van der Waals surface area contributed by atoms with E-state index in [1.807, 2.05) is 49.4 Å². The van der Waals surface area contributed by atoms with E-state index in [0.717, 1.165) is 5.75 Å². The van der Waals surface area contributed by atoms with Crippen molar-refractivity contribution in [1.82, 2.24) is 9.78 Å². The molecular weight excluding hydrogens is 406 g/mol. The predicted octanol–water partition coefficient (Wildman–Crippen LogP) is 4.62. The Morgan fingerprint density at radius 1 is 0.938 bits per heavy atom. The van der Waals surface area contributed by atoms with E-state index in [2.05, 4.69) is 10.4 Å². The third-order valence-electron chi connectivity index (χ3n) is 4.82. The van der Waals surface area contributed by atoms with Crippen LogP contribution < -0.4 is 20.2 Å². The number of nitrogens with one attached hydrogen (secondary N) is 1. The minimum absolute atomic E-state index is 0.131. The number of fused-ring (bicyclic) bond motifs is 1. The second-order valence-corrected chi connectivity index (χ2v) is 7.08. The van der Waals surface area contributed by atoms with Gasteiger partial charge in [0.2, 0.25) is 11.3 Å². The zero-order valence-electron chi connectivity index (χ0n) is 17.7. The molecule has 0 saturated carbocycles. The molecule has 0 unspecified atom stereocenters. The first-order valence-corrected chi connectivity index (χ1v) is 10.4. The molecule has 162 valence electrons. The molecule has 0 aliphatic heterocycles. The predicted molar refractivity (Wildman–Crippen MR) is 123 cm³/mol. The van der Waals surface area contributed by atoms with Crippen LogP contribution in [0.1, 0.15) is 13.3 Å². The van der Waals surface area contributed by atoms with Crippen molar-refractivity contribution in [1.29, 1.82) is 0 Å². The smallest absolute Gasteiger partial charge is 0.226 e. The molecule has 0 saturated heterocycles. The van der Waals surface area contributed by atoms with Crippen LogP contribution >= 0.6 is 0 Å². The first-order valence-electron chi connectivity index (χ1n) is 10.4. The van der Waals surface area contributed by atoms with Crippen molar-refractivity contribution in [2.75, 3.05) is 11.9 Å². The summed E-state index contributed by atoms with van der Waals surface area (Å²) in [4.78, 5) is 24.3. The van der Waals surface area contributed by atoms with Crippen molar-refractivity contribution in [2.24, 2.45) is 0 Å². The number of hydrogen-bond acceptors (Lipinski definition) is 5. The monoisotopic (exact) mass is 429 g/mol. The van der Waals surface area contributed by atoms with Crippen molar-refractivity contribution in [3.05, 3.63) is 89.2 Å². The van der Waals surface area contributed by atoms with E-state index in [4.69, 9.17) is 9.47 Å². The van der Waals surface area contributed by atoms with E-state index in [0.29, 0.717) is 41.2 Å². The third kappa shape index (κ3) is 5.13. The second-order valence-electron chi connectivity index (χ2n) is 7.08. The summed E-state index contributed by atoms with van der Waals surface area (Å²) < 4.78 is 12.9. The number of rotatable bonds is 8. The Morgan fingerprint density at radius 3 is 2.31 bits per heavy atom. The van der Waals surface area contributed by atoms with Gasteiger partial charge in [0.05, 0.1) is 24.9 Å². The van der Waals surface area contributed by atoms with E-state index in [9.17, 15) is 9.59 Å². The number of carbonyl (C=O) groups excluding carboxylic acids is 1. The van der Waals surface area contributed by atoms with Gasteiger partial charge >= 0.3 is 0 Å². The number of aromatic nitrogens is 2. The van der Waals surface area contributed by atoms with Crippen LogP contribution in [0.2, 0.25) is 0 Å². The van der Waals surface area contributed by atoms with Crippen LogP contribution in [-0.2, 0) is 11.3 Å². The first kappa shape index (κ1) is 21.1. The van der Waals surface area contributed by atoms with Crippen LogP contribution in [0.15, 0.2) is 83.8 Å². The van der Waals surface area contributed by atoms with E-state index in [1.54, 1.807) is 35.0 Å². The molecular formula is C25H23N3O4. The number of ether oxygens (including phenoxy) is 2. The molecule has 1 aromatic heterocycles. The van der Waals surface area contributed by atoms with Crippen molar-refractivity contribution in [2.45, 2.75) is 19.9 Å². The number of carbonyl (C=O) groups is 1. The fourth-order valence-corrected chi connectivity index (χ4v) is 3.28. The standard InChI is InChI=1S/C25H23N3O4/c1-2-31-19-11-13-21(14-12-19)32-20-9-7-18(8-10-20)27-25(30)15-16-28-23-6-4-3-5-22(23)24(29)17-26-28/h3-14,17H,2,15-16H2,1H3,(H,27,30). The van der Waals surface area contributed by atoms with Crippen molar-refractivity contribution in [3.63, 3.8) is 0 Å². The van der Waals surface area contributed by atoms with Crippen molar-refractivity contribution >= 4 is 22.5 Å². The van der Waals surface area contributed by atoms with E-state index in [-0.39, 0.29) is 17.8 Å². The number of benzene rings is 3. The van der Waals surface area contributed by atoms with Gasteiger partial charge in [-0.05, 0) is 67.6 Å². The van der Waals surface area contributed by atoms with Gasteiger partial charge in [-0.2, -0.15) is 5.10 Å². The summed E-state index contributed by atoms with van der Waals surface area (Å²) in [5.74, 6) is 2.01. The lowest BCUT2D eigenvalue weighted by molar-refractivity contribution is -0.116. The van der Waals surface area contributed by atoms with Crippen LogP contribution in [0.4, 0.5) is 5.69 Å². The maximum atomic E-state index is 12.4. The maximum absolute atomic E-state index is 12.4. The Kier molecular flexibility index (Phi) is 6.46. The Morgan fingerprint density at radius 2 is 1.59 bits per heavy atom. The third-order valence-corrected chi connectivity index (χ3v) is 4.82. The minimum atomic E-state index is -0.144. The summed E-state index contributed by atoms with van der Waals surface area (Å²) in [6.07, 6.45) is 1.51. The zero-order chi connectivity index (χ0) is 22.3. The average molecular weight is 429 g/mol. The van der Waals surface area contributed by atoms with Crippen LogP contribution in [0.25, 0.3) is 10.9 Å². The van der Waals surface area contributed by atoms with Crippen LogP contribution in [0.3, 0.4) is 0 Å². The molecule has 0 spiro atoms. The summed E-state index contributed by atoms with van der Waals surface area (Å²) in [6.45, 7) is 2.92. The summed E-state index contributed by atoms with van der Waals surface area (Å²) in [5.41, 5.74) is 1.25. The maximum Gasteiger partial charge on any atom is 0.226 e. The van der Waals surface area contributed by atoms with Gasteiger partial charge in [-0.1, -0.05) is 12.1 Å². The topological polar surface area (TPSA) is 82.4 Å². The molecule has 1 N–H and O–H groups in total. The van der Waals surface area contributed by atoms with Gasteiger partial charge in [-0.25, -0.2) is 0 Å². The molecule has 3 aromatic carbocycles. The summed E-state index contributed by atoms with van der Waals surface area (Å²) in [6, 6.07) is 21.8. The van der Waals surface area contributed by atoms with Crippen LogP contribution in [-0.4, -0.2) is 22.3 Å².